The van der Waals surface area contributed by atoms with Crippen molar-refractivity contribution in [2.75, 3.05) is 6.26 Å². The second kappa shape index (κ2) is 7.94. The number of carbonyl (C=O) groups is 1. The molecule has 0 atom stereocenters. The molecule has 2 aromatic carbocycles. The van der Waals surface area contributed by atoms with E-state index >= 15 is 0 Å². The van der Waals surface area contributed by atoms with Crippen LogP contribution in [-0.2, 0) is 4.79 Å². The Balaban J connectivity index is 1.81. The topological polar surface area (TPSA) is 84.6 Å². The number of nitro groups is 1. The molecule has 0 saturated carbocycles. The van der Waals surface area contributed by atoms with Gasteiger partial charge in [-0.1, -0.05) is 23.7 Å². The molecular formula is C17H12ClN3O3S2. The lowest BCUT2D eigenvalue weighted by Gasteiger charge is -1.99. The molecular weight excluding hydrogens is 394 g/mol. The van der Waals surface area contributed by atoms with Gasteiger partial charge in [-0.15, -0.1) is 11.8 Å². The molecule has 0 unspecified atom stereocenters. The number of hydrogen-bond donors (Lipinski definition) is 1. The summed E-state index contributed by atoms with van der Waals surface area (Å²) in [5.41, 5.74) is 1.15. The van der Waals surface area contributed by atoms with Gasteiger partial charge >= 0.3 is 0 Å². The molecule has 2 aromatic rings. The second-order valence-corrected chi connectivity index (χ2v) is 7.47. The van der Waals surface area contributed by atoms with Crippen LogP contribution in [0.5, 0.6) is 0 Å². The van der Waals surface area contributed by atoms with Crippen molar-refractivity contribution >= 4 is 63.7 Å². The number of benzene rings is 2. The zero-order valence-electron chi connectivity index (χ0n) is 13.4. The van der Waals surface area contributed by atoms with Crippen LogP contribution in [0.1, 0.15) is 5.56 Å². The van der Waals surface area contributed by atoms with Crippen molar-refractivity contribution in [1.29, 1.82) is 0 Å². The van der Waals surface area contributed by atoms with Crippen LogP contribution in [0.2, 0.25) is 5.02 Å². The summed E-state index contributed by atoms with van der Waals surface area (Å²) in [6.45, 7) is 0. The van der Waals surface area contributed by atoms with Crippen LogP contribution < -0.4 is 5.32 Å². The van der Waals surface area contributed by atoms with Gasteiger partial charge in [0.2, 0.25) is 0 Å². The molecule has 0 aliphatic carbocycles. The molecule has 1 amide bonds. The van der Waals surface area contributed by atoms with Gasteiger partial charge in [0.1, 0.15) is 0 Å². The molecule has 1 N–H and O–H groups in total. The maximum absolute atomic E-state index is 12.1. The zero-order chi connectivity index (χ0) is 18.7. The van der Waals surface area contributed by atoms with Crippen molar-refractivity contribution in [3.8, 4) is 0 Å². The highest BCUT2D eigenvalue weighted by atomic mass is 35.5. The monoisotopic (exact) mass is 405 g/mol. The first-order valence-corrected chi connectivity index (χ1v) is 9.76. The van der Waals surface area contributed by atoms with Crippen LogP contribution in [0.25, 0.3) is 6.08 Å². The summed E-state index contributed by atoms with van der Waals surface area (Å²) in [7, 11) is 0. The summed E-state index contributed by atoms with van der Waals surface area (Å²) >= 11 is 8.87. The Morgan fingerprint density at radius 2 is 2.00 bits per heavy atom. The van der Waals surface area contributed by atoms with Gasteiger partial charge in [0.25, 0.3) is 11.6 Å². The van der Waals surface area contributed by atoms with Crippen molar-refractivity contribution in [2.45, 2.75) is 4.90 Å². The molecule has 0 spiro atoms. The predicted octanol–water partition coefficient (Wildman–Crippen LogP) is 4.86. The van der Waals surface area contributed by atoms with E-state index in [4.69, 9.17) is 11.6 Å². The number of nitrogens with one attached hydrogen (secondary N) is 1. The first-order valence-electron chi connectivity index (χ1n) is 7.34. The Bertz CT molecular complexity index is 943. The van der Waals surface area contributed by atoms with Crippen molar-refractivity contribution in [1.82, 2.24) is 5.32 Å². The Morgan fingerprint density at radius 3 is 2.62 bits per heavy atom. The zero-order valence-corrected chi connectivity index (χ0v) is 15.8. The molecule has 1 saturated heterocycles. The van der Waals surface area contributed by atoms with Gasteiger partial charge < -0.3 is 5.32 Å². The maximum Gasteiger partial charge on any atom is 0.271 e. The Labute approximate surface area is 162 Å². The van der Waals surface area contributed by atoms with E-state index in [9.17, 15) is 14.9 Å². The number of nitro benzene ring substituents is 1. The largest absolute Gasteiger partial charge is 0.300 e. The van der Waals surface area contributed by atoms with Gasteiger partial charge in [-0.25, -0.2) is 4.99 Å². The van der Waals surface area contributed by atoms with Crippen molar-refractivity contribution < 1.29 is 9.72 Å². The van der Waals surface area contributed by atoms with Crippen LogP contribution in [0.4, 0.5) is 11.4 Å². The molecule has 9 heteroatoms. The molecule has 26 heavy (non-hydrogen) atoms. The number of halogens is 1. The van der Waals surface area contributed by atoms with Gasteiger partial charge in [-0.3, -0.25) is 14.9 Å². The standard InChI is InChI=1S/C17H12ClN3O3S2/c1-25-12-5-2-10(3-6-12)8-15-16(22)20-17(26-15)19-14-7-4-11(21(23)24)9-13(14)18/h2-9H,1H3,(H,19,20,22)/b15-8+. The van der Waals surface area contributed by atoms with E-state index in [2.05, 4.69) is 10.3 Å². The van der Waals surface area contributed by atoms with Gasteiger partial charge in [0.05, 0.1) is 20.5 Å². The quantitative estimate of drug-likeness (QED) is 0.340. The summed E-state index contributed by atoms with van der Waals surface area (Å²) in [5, 5.41) is 13.9. The minimum absolute atomic E-state index is 0.115. The van der Waals surface area contributed by atoms with E-state index < -0.39 is 4.92 Å². The van der Waals surface area contributed by atoms with Gasteiger partial charge in [-0.2, -0.15) is 0 Å². The normalized spacial score (nSPS) is 16.9. The highest BCUT2D eigenvalue weighted by Crippen LogP contribution is 2.33. The number of carbonyl (C=O) groups excluding carboxylic acids is 1. The highest BCUT2D eigenvalue weighted by Gasteiger charge is 2.24. The van der Waals surface area contributed by atoms with E-state index in [0.29, 0.717) is 15.8 Å². The number of nitrogens with zero attached hydrogens (tertiary/aromatic N) is 2. The molecule has 6 nitrogen and oxygen atoms in total. The van der Waals surface area contributed by atoms with Crippen LogP contribution in [-0.4, -0.2) is 22.3 Å². The van der Waals surface area contributed by atoms with Gasteiger partial charge in [-0.05, 0) is 47.9 Å². The van der Waals surface area contributed by atoms with Crippen LogP contribution in [0, 0.1) is 10.1 Å². The van der Waals surface area contributed by atoms with Crippen molar-refractivity contribution in [3.63, 3.8) is 0 Å². The lowest BCUT2D eigenvalue weighted by atomic mass is 10.2. The van der Waals surface area contributed by atoms with E-state index in [1.54, 1.807) is 17.8 Å². The summed E-state index contributed by atoms with van der Waals surface area (Å²) in [5.74, 6) is -0.249. The number of aliphatic imine (C=N–C) groups is 1. The van der Waals surface area contributed by atoms with E-state index in [1.165, 1.54) is 30.0 Å². The van der Waals surface area contributed by atoms with Gasteiger partial charge in [0, 0.05) is 17.0 Å². The van der Waals surface area contributed by atoms with Crippen LogP contribution in [0.15, 0.2) is 57.3 Å². The summed E-state index contributed by atoms with van der Waals surface area (Å²) < 4.78 is 0. The predicted molar refractivity (Wildman–Crippen MR) is 107 cm³/mol. The fourth-order valence-electron chi connectivity index (χ4n) is 2.14. The third-order valence-electron chi connectivity index (χ3n) is 3.43. The van der Waals surface area contributed by atoms with Crippen molar-refractivity contribution in [2.24, 2.45) is 4.99 Å². The average molecular weight is 406 g/mol. The van der Waals surface area contributed by atoms with E-state index in [1.807, 2.05) is 30.5 Å². The van der Waals surface area contributed by atoms with Gasteiger partial charge in [0.15, 0.2) is 5.17 Å². The minimum Gasteiger partial charge on any atom is -0.300 e. The molecule has 3 rings (SSSR count). The molecule has 1 aliphatic heterocycles. The molecule has 0 aromatic heterocycles. The molecule has 132 valence electrons. The fourth-order valence-corrected chi connectivity index (χ4v) is 3.60. The first-order chi connectivity index (χ1) is 12.5. The van der Waals surface area contributed by atoms with Crippen LogP contribution >= 0.6 is 35.1 Å². The summed E-state index contributed by atoms with van der Waals surface area (Å²) in [6, 6.07) is 11.8. The molecule has 1 heterocycles. The maximum atomic E-state index is 12.1. The first kappa shape index (κ1) is 18.5. The highest BCUT2D eigenvalue weighted by molar-refractivity contribution is 8.18. The third-order valence-corrected chi connectivity index (χ3v) is 5.38. The average Bonchev–Trinajstić information content (AvgIpc) is 2.96. The second-order valence-electron chi connectivity index (χ2n) is 5.15. The number of rotatable bonds is 4. The Morgan fingerprint density at radius 1 is 1.27 bits per heavy atom. The van der Waals surface area contributed by atoms with E-state index in [0.717, 1.165) is 10.5 Å². The Hall–Kier alpha value is -2.29. The number of amides is 1. The molecule has 1 aliphatic rings. The third kappa shape index (κ3) is 4.27. The number of hydrogen-bond acceptors (Lipinski definition) is 6. The minimum atomic E-state index is -0.530. The lowest BCUT2D eigenvalue weighted by Crippen LogP contribution is -2.19. The number of amidine groups is 1. The summed E-state index contributed by atoms with van der Waals surface area (Å²) in [4.78, 5) is 28.3. The van der Waals surface area contributed by atoms with E-state index in [-0.39, 0.29) is 16.6 Å². The number of thioether (sulfide) groups is 2. The van der Waals surface area contributed by atoms with Crippen LogP contribution in [0.3, 0.4) is 0 Å². The Kier molecular flexibility index (Phi) is 5.65. The number of non-ortho nitro benzene ring substituents is 1. The van der Waals surface area contributed by atoms with Crippen molar-refractivity contribution in [3.05, 3.63) is 68.1 Å². The lowest BCUT2D eigenvalue weighted by molar-refractivity contribution is -0.384. The SMILES string of the molecule is CSc1ccc(/C=C2/SC(=Nc3ccc([N+](=O)[O-])cc3Cl)NC2=O)cc1. The molecule has 1 fully saturated rings. The fraction of sp³-hybridized carbons (Fsp3) is 0.0588. The summed E-state index contributed by atoms with van der Waals surface area (Å²) in [6.07, 6.45) is 3.78. The molecule has 0 bridgehead atoms. The smallest absolute Gasteiger partial charge is 0.271 e. The molecule has 0 radical (unpaired) electrons.